The molecule has 1 aliphatic heterocycles. The minimum absolute atomic E-state index is 0.0744. The number of rotatable bonds is 6. The van der Waals surface area contributed by atoms with Crippen molar-refractivity contribution in [3.63, 3.8) is 0 Å². The lowest BCUT2D eigenvalue weighted by molar-refractivity contribution is 0.0985. The van der Waals surface area contributed by atoms with Crippen molar-refractivity contribution in [3.05, 3.63) is 100 Å². The highest BCUT2D eigenvalue weighted by molar-refractivity contribution is 7.10. The van der Waals surface area contributed by atoms with Crippen LogP contribution >= 0.6 is 11.3 Å². The fraction of sp³-hybridized carbons (Fsp3) is 0.226. The predicted octanol–water partition coefficient (Wildman–Crippen LogP) is 6.72. The van der Waals surface area contributed by atoms with E-state index in [0.29, 0.717) is 35.2 Å². The summed E-state index contributed by atoms with van der Waals surface area (Å²) in [6.45, 7) is 0.657. The molecule has 7 heteroatoms. The van der Waals surface area contributed by atoms with E-state index in [1.54, 1.807) is 42.7 Å². The van der Waals surface area contributed by atoms with Crippen LogP contribution in [0.1, 0.15) is 44.5 Å². The minimum Gasteiger partial charge on any atom is -0.495 e. The third kappa shape index (κ3) is 5.08. The predicted molar refractivity (Wildman–Crippen MR) is 154 cm³/mol. The Kier molecular flexibility index (Phi) is 7.58. The number of benzene rings is 3. The Balaban J connectivity index is 1.40. The molecular formula is C31H31N3O3S. The van der Waals surface area contributed by atoms with E-state index < -0.39 is 0 Å². The van der Waals surface area contributed by atoms with Crippen molar-refractivity contribution in [1.82, 2.24) is 4.90 Å². The number of carbonyl (C=O) groups excluding carboxylic acids is 2. The van der Waals surface area contributed by atoms with Gasteiger partial charge in [-0.15, -0.1) is 11.3 Å². The van der Waals surface area contributed by atoms with Gasteiger partial charge < -0.3 is 19.9 Å². The van der Waals surface area contributed by atoms with Crippen molar-refractivity contribution in [2.45, 2.75) is 18.9 Å². The van der Waals surface area contributed by atoms with Crippen LogP contribution in [-0.2, 0) is 0 Å². The van der Waals surface area contributed by atoms with E-state index in [2.05, 4.69) is 29.7 Å². The summed E-state index contributed by atoms with van der Waals surface area (Å²) in [5.41, 5.74) is 4.38. The molecule has 0 aliphatic carbocycles. The van der Waals surface area contributed by atoms with E-state index in [9.17, 15) is 9.59 Å². The Morgan fingerprint density at radius 3 is 2.53 bits per heavy atom. The average Bonchev–Trinajstić information content (AvgIpc) is 3.34. The molecule has 1 atom stereocenters. The molecule has 2 amide bonds. The molecule has 4 aromatic rings. The number of nitrogens with zero attached hydrogens (tertiary/aromatic N) is 2. The first-order valence-electron chi connectivity index (χ1n) is 12.7. The van der Waals surface area contributed by atoms with Crippen molar-refractivity contribution in [2.75, 3.05) is 38.0 Å². The van der Waals surface area contributed by atoms with Gasteiger partial charge in [-0.2, -0.15) is 0 Å². The number of hydrogen-bond donors (Lipinski definition) is 1. The van der Waals surface area contributed by atoms with Gasteiger partial charge in [-0.3, -0.25) is 9.59 Å². The molecule has 6 nitrogen and oxygen atoms in total. The van der Waals surface area contributed by atoms with Crippen LogP contribution in [0, 0.1) is 0 Å². The molecule has 0 saturated carbocycles. The molecule has 2 heterocycles. The van der Waals surface area contributed by atoms with Crippen molar-refractivity contribution in [1.29, 1.82) is 0 Å². The van der Waals surface area contributed by atoms with Crippen LogP contribution in [0.5, 0.6) is 5.75 Å². The molecule has 1 aromatic heterocycles. The maximum absolute atomic E-state index is 13.7. The second kappa shape index (κ2) is 11.2. The number of methoxy groups -OCH3 is 1. The van der Waals surface area contributed by atoms with Crippen molar-refractivity contribution >= 4 is 34.5 Å². The van der Waals surface area contributed by atoms with Gasteiger partial charge in [-0.25, -0.2) is 0 Å². The lowest BCUT2D eigenvalue weighted by Gasteiger charge is -2.24. The Bertz CT molecular complexity index is 1450. The highest BCUT2D eigenvalue weighted by atomic mass is 32.1. The molecule has 0 bridgehead atoms. The molecule has 38 heavy (non-hydrogen) atoms. The molecule has 0 saturated heterocycles. The van der Waals surface area contributed by atoms with Gasteiger partial charge in [0.05, 0.1) is 18.5 Å². The number of amides is 2. The first kappa shape index (κ1) is 25.7. The SMILES string of the molecule is COc1cc(C(=O)N2CCCC(N(C)C)c3sccc32)ccc1NC(=O)c1ccccc1-c1ccccc1. The van der Waals surface area contributed by atoms with Crippen LogP contribution in [0.25, 0.3) is 11.1 Å². The van der Waals surface area contributed by atoms with Crippen molar-refractivity contribution in [2.24, 2.45) is 0 Å². The van der Waals surface area contributed by atoms with Gasteiger partial charge in [0.1, 0.15) is 5.75 Å². The second-order valence-corrected chi connectivity index (χ2v) is 10.5. The summed E-state index contributed by atoms with van der Waals surface area (Å²) in [6.07, 6.45) is 1.92. The Hall–Kier alpha value is -3.94. The Morgan fingerprint density at radius 2 is 1.76 bits per heavy atom. The summed E-state index contributed by atoms with van der Waals surface area (Å²) in [5, 5.41) is 5.04. The first-order valence-corrected chi connectivity index (χ1v) is 13.6. The van der Waals surface area contributed by atoms with Crippen LogP contribution in [0.15, 0.2) is 84.2 Å². The standard InChI is InChI=1S/C31H31N3O3S/c1-33(2)26-14-9-18-34(27-17-19-38-29(26)27)31(36)22-15-16-25(28(20-22)37-3)32-30(35)24-13-8-7-12-23(24)21-10-5-4-6-11-21/h4-8,10-13,15-17,19-20,26H,9,14,18H2,1-3H3,(H,32,35). The van der Waals surface area contributed by atoms with Gasteiger partial charge in [0.2, 0.25) is 0 Å². The third-order valence-electron chi connectivity index (χ3n) is 6.95. The molecule has 1 aliphatic rings. The van der Waals surface area contributed by atoms with Gasteiger partial charge >= 0.3 is 0 Å². The minimum atomic E-state index is -0.244. The van der Waals surface area contributed by atoms with Crippen molar-refractivity contribution in [3.8, 4) is 16.9 Å². The molecule has 194 valence electrons. The van der Waals surface area contributed by atoms with E-state index in [4.69, 9.17) is 4.74 Å². The highest BCUT2D eigenvalue weighted by Gasteiger charge is 2.29. The summed E-state index contributed by atoms with van der Waals surface area (Å²) in [4.78, 5) is 32.3. The summed E-state index contributed by atoms with van der Waals surface area (Å²) < 4.78 is 5.61. The molecule has 0 fully saturated rings. The number of hydrogen-bond acceptors (Lipinski definition) is 5. The molecule has 0 spiro atoms. The smallest absolute Gasteiger partial charge is 0.258 e. The normalized spacial score (nSPS) is 15.1. The lowest BCUT2D eigenvalue weighted by atomic mass is 9.99. The summed E-state index contributed by atoms with van der Waals surface area (Å²) in [6, 6.07) is 24.9. The number of ether oxygens (including phenoxy) is 1. The van der Waals surface area contributed by atoms with Gasteiger partial charge in [-0.1, -0.05) is 48.5 Å². The third-order valence-corrected chi connectivity index (χ3v) is 7.96. The molecule has 0 radical (unpaired) electrons. The molecule has 1 unspecified atom stereocenters. The summed E-state index contributed by atoms with van der Waals surface area (Å²) in [7, 11) is 5.71. The molecule has 5 rings (SSSR count). The van der Waals surface area contributed by atoms with Crippen LogP contribution in [0.2, 0.25) is 0 Å². The zero-order chi connectivity index (χ0) is 26.6. The Morgan fingerprint density at radius 1 is 1.00 bits per heavy atom. The van der Waals surface area contributed by atoms with Gasteiger partial charge in [0.25, 0.3) is 11.8 Å². The quantitative estimate of drug-likeness (QED) is 0.304. The van der Waals surface area contributed by atoms with Gasteiger partial charge in [-0.05, 0) is 73.8 Å². The number of fused-ring (bicyclic) bond motifs is 1. The van der Waals surface area contributed by atoms with Crippen LogP contribution in [-0.4, -0.2) is 44.5 Å². The highest BCUT2D eigenvalue weighted by Crippen LogP contribution is 2.40. The van der Waals surface area contributed by atoms with Crippen LogP contribution < -0.4 is 15.0 Å². The zero-order valence-electron chi connectivity index (χ0n) is 21.8. The zero-order valence-corrected chi connectivity index (χ0v) is 22.6. The largest absolute Gasteiger partial charge is 0.495 e. The summed E-state index contributed by atoms with van der Waals surface area (Å²) in [5.74, 6) is 0.120. The number of carbonyl (C=O) groups is 2. The number of nitrogens with one attached hydrogen (secondary N) is 1. The van der Waals surface area contributed by atoms with Crippen LogP contribution in [0.3, 0.4) is 0 Å². The van der Waals surface area contributed by atoms with Crippen LogP contribution in [0.4, 0.5) is 11.4 Å². The maximum Gasteiger partial charge on any atom is 0.258 e. The monoisotopic (exact) mass is 525 g/mol. The molecule has 1 N–H and O–H groups in total. The van der Waals surface area contributed by atoms with E-state index in [1.165, 1.54) is 4.88 Å². The van der Waals surface area contributed by atoms with E-state index in [0.717, 1.165) is 29.7 Å². The topological polar surface area (TPSA) is 61.9 Å². The second-order valence-electron chi connectivity index (χ2n) is 9.53. The summed E-state index contributed by atoms with van der Waals surface area (Å²) >= 11 is 1.70. The van der Waals surface area contributed by atoms with Gasteiger partial charge in [0, 0.05) is 28.6 Å². The molecule has 3 aromatic carbocycles. The van der Waals surface area contributed by atoms with E-state index in [-0.39, 0.29) is 11.8 Å². The fourth-order valence-corrected chi connectivity index (χ4v) is 6.14. The van der Waals surface area contributed by atoms with Crippen molar-refractivity contribution < 1.29 is 14.3 Å². The van der Waals surface area contributed by atoms with E-state index >= 15 is 0 Å². The lowest BCUT2D eigenvalue weighted by Crippen LogP contribution is -2.31. The number of anilines is 2. The molecular weight excluding hydrogens is 494 g/mol. The number of thiophene rings is 1. The average molecular weight is 526 g/mol. The van der Waals surface area contributed by atoms with E-state index in [1.807, 2.05) is 59.5 Å². The Labute approximate surface area is 227 Å². The van der Waals surface area contributed by atoms with Gasteiger partial charge in [0.15, 0.2) is 0 Å². The maximum atomic E-state index is 13.7. The first-order chi connectivity index (χ1) is 18.5. The fourth-order valence-electron chi connectivity index (χ4n) is 5.01.